The minimum atomic E-state index is 0.468. The van der Waals surface area contributed by atoms with Crippen LogP contribution in [-0.2, 0) is 5.75 Å². The number of hydrogen-bond acceptors (Lipinski definition) is 6. The number of thioether (sulfide) groups is 1. The SMILES string of the molecule is Cc1cnc(SCc2nnc(Cl)s2)nc1. The van der Waals surface area contributed by atoms with Crippen LogP contribution in [0.4, 0.5) is 0 Å². The second-order valence-electron chi connectivity index (χ2n) is 2.78. The van der Waals surface area contributed by atoms with E-state index in [-0.39, 0.29) is 0 Å². The maximum Gasteiger partial charge on any atom is 0.207 e. The van der Waals surface area contributed by atoms with E-state index in [4.69, 9.17) is 11.6 Å². The lowest BCUT2D eigenvalue weighted by molar-refractivity contribution is 0.947. The molecule has 0 saturated heterocycles. The quantitative estimate of drug-likeness (QED) is 0.626. The first-order valence-corrected chi connectivity index (χ1v) is 6.31. The fourth-order valence-corrected chi connectivity index (χ4v) is 2.51. The predicted molar refractivity (Wildman–Crippen MR) is 61.2 cm³/mol. The Morgan fingerprint density at radius 3 is 2.67 bits per heavy atom. The summed E-state index contributed by atoms with van der Waals surface area (Å²) < 4.78 is 0.468. The molecule has 0 fully saturated rings. The first-order chi connectivity index (χ1) is 7.24. The molecule has 0 saturated carbocycles. The van der Waals surface area contributed by atoms with Crippen LogP contribution in [0.1, 0.15) is 10.6 Å². The van der Waals surface area contributed by atoms with E-state index in [2.05, 4.69) is 20.2 Å². The van der Waals surface area contributed by atoms with Crippen LogP contribution in [-0.4, -0.2) is 20.2 Å². The van der Waals surface area contributed by atoms with Gasteiger partial charge in [-0.15, -0.1) is 10.2 Å². The number of halogens is 1. The number of rotatable bonds is 3. The van der Waals surface area contributed by atoms with Crippen LogP contribution >= 0.6 is 34.7 Å². The molecule has 0 aliphatic rings. The average molecular weight is 259 g/mol. The van der Waals surface area contributed by atoms with E-state index in [0.29, 0.717) is 10.2 Å². The molecule has 0 amide bonds. The van der Waals surface area contributed by atoms with Gasteiger partial charge in [-0.1, -0.05) is 23.1 Å². The van der Waals surface area contributed by atoms with Gasteiger partial charge in [-0.25, -0.2) is 9.97 Å². The molecule has 2 heterocycles. The zero-order valence-electron chi connectivity index (χ0n) is 7.85. The van der Waals surface area contributed by atoms with Gasteiger partial charge in [-0.3, -0.25) is 0 Å². The molecule has 0 atom stereocenters. The van der Waals surface area contributed by atoms with Gasteiger partial charge in [0.15, 0.2) is 5.16 Å². The Kier molecular flexibility index (Phi) is 3.50. The average Bonchev–Trinajstić information content (AvgIpc) is 2.64. The van der Waals surface area contributed by atoms with E-state index in [9.17, 15) is 0 Å². The van der Waals surface area contributed by atoms with Crippen molar-refractivity contribution in [2.75, 3.05) is 0 Å². The van der Waals surface area contributed by atoms with E-state index in [1.54, 1.807) is 12.4 Å². The van der Waals surface area contributed by atoms with Gasteiger partial charge in [0.2, 0.25) is 4.47 Å². The number of nitrogens with zero attached hydrogens (tertiary/aromatic N) is 4. The van der Waals surface area contributed by atoms with Crippen molar-refractivity contribution in [1.82, 2.24) is 20.2 Å². The second kappa shape index (κ2) is 4.87. The number of aryl methyl sites for hydroxylation is 1. The van der Waals surface area contributed by atoms with Crippen LogP contribution in [0.25, 0.3) is 0 Å². The minimum absolute atomic E-state index is 0.468. The Balaban J connectivity index is 1.96. The first kappa shape index (κ1) is 10.8. The van der Waals surface area contributed by atoms with Crippen molar-refractivity contribution in [2.45, 2.75) is 17.8 Å². The maximum absolute atomic E-state index is 5.67. The largest absolute Gasteiger partial charge is 0.231 e. The Morgan fingerprint density at radius 1 is 1.33 bits per heavy atom. The van der Waals surface area contributed by atoms with Crippen molar-refractivity contribution < 1.29 is 0 Å². The summed E-state index contributed by atoms with van der Waals surface area (Å²) in [5.41, 5.74) is 1.05. The van der Waals surface area contributed by atoms with Gasteiger partial charge in [-0.2, -0.15) is 0 Å². The van der Waals surface area contributed by atoms with E-state index < -0.39 is 0 Å². The van der Waals surface area contributed by atoms with Crippen molar-refractivity contribution in [3.8, 4) is 0 Å². The highest BCUT2D eigenvalue weighted by Crippen LogP contribution is 2.22. The van der Waals surface area contributed by atoms with Crippen LogP contribution in [0.3, 0.4) is 0 Å². The molecular weight excluding hydrogens is 252 g/mol. The van der Waals surface area contributed by atoms with E-state index in [1.165, 1.54) is 23.1 Å². The third-order valence-corrected chi connectivity index (χ3v) is 3.61. The number of hydrogen-bond donors (Lipinski definition) is 0. The van der Waals surface area contributed by atoms with Crippen molar-refractivity contribution in [1.29, 1.82) is 0 Å². The van der Waals surface area contributed by atoms with Gasteiger partial charge in [-0.05, 0) is 24.1 Å². The molecule has 0 aliphatic heterocycles. The van der Waals surface area contributed by atoms with E-state index in [0.717, 1.165) is 15.7 Å². The Bertz CT molecular complexity index is 442. The standard InChI is InChI=1S/C8H7ClN4S2/c1-5-2-10-8(11-3-5)14-4-6-12-13-7(9)15-6/h2-3H,4H2,1H3. The second-order valence-corrected chi connectivity index (χ2v) is 5.37. The molecule has 7 heteroatoms. The summed E-state index contributed by atoms with van der Waals surface area (Å²) >= 11 is 8.57. The molecule has 0 aromatic carbocycles. The molecule has 2 aromatic heterocycles. The van der Waals surface area contributed by atoms with Crippen LogP contribution in [0, 0.1) is 6.92 Å². The zero-order valence-corrected chi connectivity index (χ0v) is 10.2. The third kappa shape index (κ3) is 3.12. The topological polar surface area (TPSA) is 51.6 Å². The fraction of sp³-hybridized carbons (Fsp3) is 0.250. The van der Waals surface area contributed by atoms with Gasteiger partial charge >= 0.3 is 0 Å². The number of aromatic nitrogens is 4. The third-order valence-electron chi connectivity index (χ3n) is 1.52. The Morgan fingerprint density at radius 2 is 2.07 bits per heavy atom. The predicted octanol–water partition coefficient (Wildman–Crippen LogP) is 2.58. The normalized spacial score (nSPS) is 10.5. The molecule has 78 valence electrons. The molecule has 0 spiro atoms. The molecule has 0 radical (unpaired) electrons. The monoisotopic (exact) mass is 258 g/mol. The van der Waals surface area contributed by atoms with Gasteiger partial charge in [0.25, 0.3) is 0 Å². The van der Waals surface area contributed by atoms with Gasteiger partial charge in [0.1, 0.15) is 5.01 Å². The molecule has 4 nitrogen and oxygen atoms in total. The van der Waals surface area contributed by atoms with Gasteiger partial charge < -0.3 is 0 Å². The summed E-state index contributed by atoms with van der Waals surface area (Å²) in [6.07, 6.45) is 3.59. The summed E-state index contributed by atoms with van der Waals surface area (Å²) in [5, 5.41) is 9.26. The van der Waals surface area contributed by atoms with E-state index in [1.807, 2.05) is 6.92 Å². The molecule has 2 aromatic rings. The minimum Gasteiger partial charge on any atom is -0.231 e. The highest BCUT2D eigenvalue weighted by atomic mass is 35.5. The molecule has 0 unspecified atom stereocenters. The van der Waals surface area contributed by atoms with E-state index >= 15 is 0 Å². The maximum atomic E-state index is 5.67. The lowest BCUT2D eigenvalue weighted by Crippen LogP contribution is -1.87. The van der Waals surface area contributed by atoms with Gasteiger partial charge in [0.05, 0.1) is 5.75 Å². The van der Waals surface area contributed by atoms with Crippen molar-refractivity contribution in [2.24, 2.45) is 0 Å². The smallest absolute Gasteiger partial charge is 0.207 e. The lowest BCUT2D eigenvalue weighted by atomic mass is 10.4. The summed E-state index contributed by atoms with van der Waals surface area (Å²) in [6.45, 7) is 1.96. The molecular formula is C8H7ClN4S2. The van der Waals surface area contributed by atoms with Crippen LogP contribution in [0.2, 0.25) is 4.47 Å². The lowest BCUT2D eigenvalue weighted by Gasteiger charge is -1.96. The van der Waals surface area contributed by atoms with Gasteiger partial charge in [0, 0.05) is 12.4 Å². The highest BCUT2D eigenvalue weighted by molar-refractivity contribution is 7.98. The Labute approximate surface area is 100 Å². The van der Waals surface area contributed by atoms with Crippen molar-refractivity contribution >= 4 is 34.7 Å². The molecule has 0 bridgehead atoms. The summed E-state index contributed by atoms with van der Waals surface area (Å²) in [5.74, 6) is 0.702. The van der Waals surface area contributed by atoms with Crippen molar-refractivity contribution in [3.63, 3.8) is 0 Å². The first-order valence-electron chi connectivity index (χ1n) is 4.13. The summed E-state index contributed by atoms with van der Waals surface area (Å²) in [4.78, 5) is 8.35. The zero-order chi connectivity index (χ0) is 10.7. The van der Waals surface area contributed by atoms with Crippen LogP contribution < -0.4 is 0 Å². The summed E-state index contributed by atoms with van der Waals surface area (Å²) in [6, 6.07) is 0. The van der Waals surface area contributed by atoms with Crippen LogP contribution in [0.5, 0.6) is 0 Å². The Hall–Kier alpha value is -0.720. The highest BCUT2D eigenvalue weighted by Gasteiger charge is 2.03. The summed E-state index contributed by atoms with van der Waals surface area (Å²) in [7, 11) is 0. The van der Waals surface area contributed by atoms with Crippen LogP contribution in [0.15, 0.2) is 17.6 Å². The fourth-order valence-electron chi connectivity index (χ4n) is 0.873. The molecule has 15 heavy (non-hydrogen) atoms. The molecule has 2 rings (SSSR count). The van der Waals surface area contributed by atoms with Crippen molar-refractivity contribution in [3.05, 3.63) is 27.4 Å². The molecule has 0 N–H and O–H groups in total. The molecule has 0 aliphatic carbocycles.